The van der Waals surface area contributed by atoms with Gasteiger partial charge >= 0.3 is 0 Å². The van der Waals surface area contributed by atoms with E-state index in [1.807, 2.05) is 36.4 Å². The van der Waals surface area contributed by atoms with Gasteiger partial charge in [-0.2, -0.15) is 0 Å². The van der Waals surface area contributed by atoms with Crippen LogP contribution in [0.2, 0.25) is 0 Å². The van der Waals surface area contributed by atoms with Gasteiger partial charge in [-0.3, -0.25) is 4.90 Å². The number of hydrogen-bond acceptors (Lipinski definition) is 2. The summed E-state index contributed by atoms with van der Waals surface area (Å²) < 4.78 is 0. The quantitative estimate of drug-likeness (QED) is 0.838. The van der Waals surface area contributed by atoms with Gasteiger partial charge in [-0.1, -0.05) is 60.7 Å². The van der Waals surface area contributed by atoms with Gasteiger partial charge in [0.2, 0.25) is 0 Å². The maximum absolute atomic E-state index is 5.66. The molecule has 0 atom stereocenters. The van der Waals surface area contributed by atoms with Crippen molar-refractivity contribution in [2.75, 3.05) is 13.1 Å². The standard InChI is InChI=1S/C16H18N2/c17-11-12-18(13-15-7-3-1-4-8-15)14-16-9-5-2-6-10-16/h1-10,13-14H,11-12,17H2. The van der Waals surface area contributed by atoms with E-state index >= 15 is 0 Å². The third-order valence-electron chi connectivity index (χ3n) is 2.62. The van der Waals surface area contributed by atoms with Gasteiger partial charge in [-0.25, -0.2) is 0 Å². The lowest BCUT2D eigenvalue weighted by Gasteiger charge is -2.20. The zero-order chi connectivity index (χ0) is 12.6. The summed E-state index contributed by atoms with van der Waals surface area (Å²) in [6.45, 7) is 5.66. The molecule has 2 rings (SSSR count). The molecule has 0 spiro atoms. The fraction of sp³-hybridized carbons (Fsp3) is 0.125. The molecule has 0 aliphatic heterocycles. The van der Waals surface area contributed by atoms with Crippen LogP contribution in [0.3, 0.4) is 0 Å². The van der Waals surface area contributed by atoms with Crippen LogP contribution in [0.25, 0.3) is 0 Å². The highest BCUT2D eigenvalue weighted by molar-refractivity contribution is 5.26. The Hall–Kier alpha value is -1.64. The lowest BCUT2D eigenvalue weighted by atomic mass is 10.1. The van der Waals surface area contributed by atoms with Crippen LogP contribution >= 0.6 is 0 Å². The molecule has 0 aromatic heterocycles. The van der Waals surface area contributed by atoms with Crippen LogP contribution in [0, 0.1) is 13.1 Å². The first-order valence-corrected chi connectivity index (χ1v) is 6.14. The van der Waals surface area contributed by atoms with E-state index in [1.165, 1.54) is 11.1 Å². The van der Waals surface area contributed by atoms with Gasteiger partial charge in [0.05, 0.1) is 13.1 Å². The van der Waals surface area contributed by atoms with Crippen molar-refractivity contribution < 1.29 is 0 Å². The highest BCUT2D eigenvalue weighted by atomic mass is 15.1. The smallest absolute Gasteiger partial charge is 0.0552 e. The highest BCUT2D eigenvalue weighted by Crippen LogP contribution is 2.12. The minimum atomic E-state index is 0.632. The number of benzene rings is 2. The van der Waals surface area contributed by atoms with E-state index in [4.69, 9.17) is 5.73 Å². The summed E-state index contributed by atoms with van der Waals surface area (Å²) in [4.78, 5) is 2.13. The lowest BCUT2D eigenvalue weighted by Crippen LogP contribution is -2.25. The van der Waals surface area contributed by atoms with Gasteiger partial charge in [-0.15, -0.1) is 0 Å². The van der Waals surface area contributed by atoms with Crippen LogP contribution in [-0.4, -0.2) is 18.0 Å². The summed E-state index contributed by atoms with van der Waals surface area (Å²) >= 11 is 0. The Kier molecular flexibility index (Phi) is 4.94. The van der Waals surface area contributed by atoms with Crippen molar-refractivity contribution in [3.63, 3.8) is 0 Å². The number of nitrogens with zero attached hydrogens (tertiary/aromatic N) is 1. The Morgan fingerprint density at radius 2 is 1.22 bits per heavy atom. The summed E-state index contributed by atoms with van der Waals surface area (Å²) in [5.41, 5.74) is 8.01. The van der Waals surface area contributed by atoms with Crippen molar-refractivity contribution in [2.24, 2.45) is 5.73 Å². The summed E-state index contributed by atoms with van der Waals surface area (Å²) in [7, 11) is 0. The van der Waals surface area contributed by atoms with E-state index in [0.29, 0.717) is 6.54 Å². The van der Waals surface area contributed by atoms with Crippen molar-refractivity contribution in [3.05, 3.63) is 84.9 Å². The average Bonchev–Trinajstić information content (AvgIpc) is 2.41. The second kappa shape index (κ2) is 6.94. The van der Waals surface area contributed by atoms with Crippen molar-refractivity contribution in [3.8, 4) is 0 Å². The van der Waals surface area contributed by atoms with Crippen LogP contribution in [0.4, 0.5) is 0 Å². The maximum Gasteiger partial charge on any atom is 0.0552 e. The SMILES string of the molecule is NCCN([CH]c1ccccc1)[CH]c1ccccc1. The van der Waals surface area contributed by atoms with Crippen molar-refractivity contribution in [2.45, 2.75) is 0 Å². The predicted molar refractivity (Wildman–Crippen MR) is 75.4 cm³/mol. The Morgan fingerprint density at radius 3 is 1.61 bits per heavy atom. The van der Waals surface area contributed by atoms with Crippen LogP contribution in [0.5, 0.6) is 0 Å². The zero-order valence-electron chi connectivity index (χ0n) is 10.4. The summed E-state index contributed by atoms with van der Waals surface area (Å²) in [6, 6.07) is 20.5. The Morgan fingerprint density at radius 1 is 0.778 bits per heavy atom. The Labute approximate surface area is 109 Å². The fourth-order valence-corrected chi connectivity index (χ4v) is 1.78. The van der Waals surface area contributed by atoms with Crippen molar-refractivity contribution in [1.29, 1.82) is 0 Å². The molecule has 2 aromatic rings. The first kappa shape index (κ1) is 12.8. The maximum atomic E-state index is 5.66. The Balaban J connectivity index is 2.00. The molecule has 2 N–H and O–H groups in total. The average molecular weight is 238 g/mol. The number of hydrogen-bond donors (Lipinski definition) is 1. The van der Waals surface area contributed by atoms with Gasteiger partial charge in [0.25, 0.3) is 0 Å². The van der Waals surface area contributed by atoms with Crippen LogP contribution < -0.4 is 5.73 Å². The summed E-state index contributed by atoms with van der Waals surface area (Å²) in [5.74, 6) is 0. The fourth-order valence-electron chi connectivity index (χ4n) is 1.78. The van der Waals surface area contributed by atoms with Crippen molar-refractivity contribution in [1.82, 2.24) is 4.90 Å². The van der Waals surface area contributed by atoms with E-state index in [0.717, 1.165) is 6.54 Å². The van der Waals surface area contributed by atoms with E-state index in [2.05, 4.69) is 42.3 Å². The number of nitrogens with two attached hydrogens (primary N) is 1. The minimum Gasteiger partial charge on any atom is -0.329 e. The first-order chi connectivity index (χ1) is 8.88. The molecule has 0 amide bonds. The van der Waals surface area contributed by atoms with Crippen LogP contribution in [0.15, 0.2) is 60.7 Å². The van der Waals surface area contributed by atoms with Gasteiger partial charge in [0, 0.05) is 13.1 Å². The second-order valence-corrected chi connectivity index (χ2v) is 4.11. The van der Waals surface area contributed by atoms with Crippen LogP contribution in [0.1, 0.15) is 11.1 Å². The topological polar surface area (TPSA) is 29.3 Å². The van der Waals surface area contributed by atoms with Gasteiger partial charge < -0.3 is 5.73 Å². The molecule has 0 saturated heterocycles. The molecule has 0 heterocycles. The van der Waals surface area contributed by atoms with E-state index in [1.54, 1.807) is 0 Å². The predicted octanol–water partition coefficient (Wildman–Crippen LogP) is 2.67. The number of rotatable bonds is 6. The van der Waals surface area contributed by atoms with Gasteiger partial charge in [0.15, 0.2) is 0 Å². The molecule has 18 heavy (non-hydrogen) atoms. The molecule has 2 nitrogen and oxygen atoms in total. The summed E-state index contributed by atoms with van der Waals surface area (Å²) in [6.07, 6.45) is 0. The molecule has 2 radical (unpaired) electrons. The molecule has 0 fully saturated rings. The Bertz CT molecular complexity index is 398. The molecule has 0 saturated carbocycles. The molecule has 0 aliphatic rings. The summed E-state index contributed by atoms with van der Waals surface area (Å²) in [5, 5.41) is 0. The van der Waals surface area contributed by atoms with E-state index in [9.17, 15) is 0 Å². The molecule has 2 heteroatoms. The van der Waals surface area contributed by atoms with Crippen molar-refractivity contribution >= 4 is 0 Å². The third kappa shape index (κ3) is 3.99. The monoisotopic (exact) mass is 238 g/mol. The molecule has 0 bridgehead atoms. The van der Waals surface area contributed by atoms with Crippen LogP contribution in [-0.2, 0) is 0 Å². The molecular formula is C16H18N2. The molecule has 0 unspecified atom stereocenters. The largest absolute Gasteiger partial charge is 0.329 e. The molecule has 2 aromatic carbocycles. The normalized spacial score (nSPS) is 10.8. The minimum absolute atomic E-state index is 0.632. The van der Waals surface area contributed by atoms with E-state index < -0.39 is 0 Å². The molecular weight excluding hydrogens is 220 g/mol. The third-order valence-corrected chi connectivity index (χ3v) is 2.62. The molecule has 92 valence electrons. The van der Waals surface area contributed by atoms with E-state index in [-0.39, 0.29) is 0 Å². The van der Waals surface area contributed by atoms with Gasteiger partial charge in [0.1, 0.15) is 0 Å². The molecule has 0 aliphatic carbocycles. The van der Waals surface area contributed by atoms with Gasteiger partial charge in [-0.05, 0) is 11.1 Å². The first-order valence-electron chi connectivity index (χ1n) is 6.14. The zero-order valence-corrected chi connectivity index (χ0v) is 10.4. The highest BCUT2D eigenvalue weighted by Gasteiger charge is 2.06. The second-order valence-electron chi connectivity index (χ2n) is 4.11. The lowest BCUT2D eigenvalue weighted by molar-refractivity contribution is 0.440.